The third-order valence-electron chi connectivity index (χ3n) is 2.36. The maximum atomic E-state index is 3.19. The summed E-state index contributed by atoms with van der Waals surface area (Å²) in [5.74, 6) is 1.64. The fourth-order valence-electron chi connectivity index (χ4n) is 1.41. The smallest absolute Gasteiger partial charge is 0.0126 e. The van der Waals surface area contributed by atoms with Gasteiger partial charge >= 0.3 is 0 Å². The Morgan fingerprint density at radius 1 is 1.55 bits per heavy atom. The van der Waals surface area contributed by atoms with Gasteiger partial charge in [-0.25, -0.2) is 0 Å². The third kappa shape index (κ3) is 2.55. The molecule has 1 aliphatic rings. The molecule has 0 heterocycles. The van der Waals surface area contributed by atoms with Gasteiger partial charge in [-0.1, -0.05) is 26.7 Å². The lowest BCUT2D eigenvalue weighted by Gasteiger charge is -2.16. The van der Waals surface area contributed by atoms with E-state index in [4.69, 9.17) is 0 Å². The van der Waals surface area contributed by atoms with Crippen molar-refractivity contribution in [3.05, 3.63) is 17.4 Å². The van der Waals surface area contributed by atoms with Crippen LogP contribution in [0.3, 0.4) is 0 Å². The molecule has 0 aromatic carbocycles. The fourth-order valence-corrected chi connectivity index (χ4v) is 1.41. The van der Waals surface area contributed by atoms with E-state index in [-0.39, 0.29) is 0 Å². The topological polar surface area (TPSA) is 0 Å². The van der Waals surface area contributed by atoms with Crippen LogP contribution in [0.2, 0.25) is 0 Å². The Morgan fingerprint density at radius 3 is 2.64 bits per heavy atom. The normalized spacial score (nSPS) is 21.8. The van der Waals surface area contributed by atoms with Crippen LogP contribution in [0.5, 0.6) is 0 Å². The molecule has 0 aromatic heterocycles. The van der Waals surface area contributed by atoms with Crippen molar-refractivity contribution in [1.82, 2.24) is 0 Å². The van der Waals surface area contributed by atoms with Crippen molar-refractivity contribution in [3.8, 4) is 0 Å². The van der Waals surface area contributed by atoms with Crippen LogP contribution in [0.25, 0.3) is 0 Å². The first-order valence-electron chi connectivity index (χ1n) is 4.63. The number of rotatable bonds is 4. The standard InChI is InChI=1S/C11H18/c1-9(2)5-4-6-11-8-7-10(11)3/h8-9,11H,4-6H2,1-3H3. The van der Waals surface area contributed by atoms with Gasteiger partial charge in [-0.15, -0.1) is 5.73 Å². The molecule has 62 valence electrons. The van der Waals surface area contributed by atoms with Gasteiger partial charge in [-0.05, 0) is 30.9 Å². The molecule has 0 radical (unpaired) electrons. The second-order valence-electron chi connectivity index (χ2n) is 3.93. The number of hydrogen-bond acceptors (Lipinski definition) is 0. The van der Waals surface area contributed by atoms with Crippen LogP contribution in [-0.4, -0.2) is 0 Å². The zero-order valence-electron chi connectivity index (χ0n) is 7.85. The molecule has 0 spiro atoms. The lowest BCUT2D eigenvalue weighted by Crippen LogP contribution is -2.03. The zero-order valence-corrected chi connectivity index (χ0v) is 7.85. The second-order valence-corrected chi connectivity index (χ2v) is 3.93. The van der Waals surface area contributed by atoms with Crippen molar-refractivity contribution < 1.29 is 0 Å². The summed E-state index contributed by atoms with van der Waals surface area (Å²) < 4.78 is 0. The van der Waals surface area contributed by atoms with Gasteiger partial charge in [-0.2, -0.15) is 0 Å². The van der Waals surface area contributed by atoms with Crippen LogP contribution in [0.15, 0.2) is 17.4 Å². The van der Waals surface area contributed by atoms with E-state index in [1.807, 2.05) is 0 Å². The summed E-state index contributed by atoms with van der Waals surface area (Å²) in [6, 6.07) is 0. The molecule has 0 heteroatoms. The molecule has 0 bridgehead atoms. The Balaban J connectivity index is 2.02. The van der Waals surface area contributed by atoms with Crippen molar-refractivity contribution in [2.75, 3.05) is 0 Å². The number of allylic oxidation sites excluding steroid dienone is 1. The highest BCUT2D eigenvalue weighted by atomic mass is 14.2. The van der Waals surface area contributed by atoms with Gasteiger partial charge in [0.2, 0.25) is 0 Å². The van der Waals surface area contributed by atoms with E-state index < -0.39 is 0 Å². The average molecular weight is 150 g/mol. The van der Waals surface area contributed by atoms with E-state index in [2.05, 4.69) is 32.6 Å². The molecule has 0 N–H and O–H groups in total. The quantitative estimate of drug-likeness (QED) is 0.538. The molecule has 1 rings (SSSR count). The molecule has 1 aliphatic carbocycles. The Hall–Kier alpha value is -0.480. The monoisotopic (exact) mass is 150 g/mol. The minimum atomic E-state index is 0.772. The maximum absolute atomic E-state index is 3.19. The average Bonchev–Trinajstić information content (AvgIpc) is 1.94. The SMILES string of the molecule is CC1=C=CC1CCCC(C)C. The molecule has 0 amide bonds. The molecular formula is C11H18. The van der Waals surface area contributed by atoms with Gasteiger partial charge < -0.3 is 0 Å². The molecule has 0 aliphatic heterocycles. The maximum Gasteiger partial charge on any atom is 0.0126 e. The van der Waals surface area contributed by atoms with Gasteiger partial charge in [-0.3, -0.25) is 0 Å². The fraction of sp³-hybridized carbons (Fsp3) is 0.727. The van der Waals surface area contributed by atoms with Gasteiger partial charge in [0, 0.05) is 5.92 Å². The van der Waals surface area contributed by atoms with Crippen molar-refractivity contribution in [3.63, 3.8) is 0 Å². The van der Waals surface area contributed by atoms with Gasteiger partial charge in [0.25, 0.3) is 0 Å². The van der Waals surface area contributed by atoms with E-state index in [1.165, 1.54) is 24.8 Å². The van der Waals surface area contributed by atoms with Crippen molar-refractivity contribution in [1.29, 1.82) is 0 Å². The van der Waals surface area contributed by atoms with Crippen molar-refractivity contribution in [2.45, 2.75) is 40.0 Å². The van der Waals surface area contributed by atoms with E-state index in [0.29, 0.717) is 0 Å². The lowest BCUT2D eigenvalue weighted by atomic mass is 9.88. The lowest BCUT2D eigenvalue weighted by molar-refractivity contribution is 0.504. The first-order valence-corrected chi connectivity index (χ1v) is 4.63. The minimum absolute atomic E-state index is 0.772. The van der Waals surface area contributed by atoms with Crippen LogP contribution < -0.4 is 0 Å². The van der Waals surface area contributed by atoms with Gasteiger partial charge in [0.05, 0.1) is 0 Å². The second kappa shape index (κ2) is 3.78. The Kier molecular flexibility index (Phi) is 2.96. The van der Waals surface area contributed by atoms with E-state index >= 15 is 0 Å². The molecular weight excluding hydrogens is 132 g/mol. The highest BCUT2D eigenvalue weighted by molar-refractivity contribution is 5.19. The van der Waals surface area contributed by atoms with Crippen LogP contribution in [0.4, 0.5) is 0 Å². The summed E-state index contributed by atoms with van der Waals surface area (Å²) in [5.41, 5.74) is 4.64. The first kappa shape index (κ1) is 8.62. The Morgan fingerprint density at radius 2 is 2.27 bits per heavy atom. The molecule has 11 heavy (non-hydrogen) atoms. The summed E-state index contributed by atoms with van der Waals surface area (Å²) in [5, 5.41) is 0. The Labute approximate surface area is 70.0 Å². The molecule has 0 saturated heterocycles. The predicted octanol–water partition coefficient (Wildman–Crippen LogP) is 3.54. The third-order valence-corrected chi connectivity index (χ3v) is 2.36. The summed E-state index contributed by atoms with van der Waals surface area (Å²) in [7, 11) is 0. The molecule has 0 nitrogen and oxygen atoms in total. The van der Waals surface area contributed by atoms with Crippen molar-refractivity contribution in [2.24, 2.45) is 11.8 Å². The van der Waals surface area contributed by atoms with E-state index in [1.54, 1.807) is 0 Å². The van der Waals surface area contributed by atoms with E-state index in [9.17, 15) is 0 Å². The summed E-state index contributed by atoms with van der Waals surface area (Å²) >= 11 is 0. The zero-order chi connectivity index (χ0) is 8.27. The van der Waals surface area contributed by atoms with Crippen LogP contribution >= 0.6 is 0 Å². The highest BCUT2D eigenvalue weighted by Crippen LogP contribution is 2.25. The van der Waals surface area contributed by atoms with Crippen LogP contribution in [0, 0.1) is 11.8 Å². The van der Waals surface area contributed by atoms with Crippen LogP contribution in [0.1, 0.15) is 40.0 Å². The minimum Gasteiger partial charge on any atom is -0.125 e. The predicted molar refractivity (Wildman–Crippen MR) is 49.4 cm³/mol. The molecule has 1 atom stereocenters. The molecule has 0 aromatic rings. The summed E-state index contributed by atoms with van der Waals surface area (Å²) in [6.45, 7) is 6.76. The highest BCUT2D eigenvalue weighted by Gasteiger charge is 2.11. The Bertz CT molecular complexity index is 180. The molecule has 0 fully saturated rings. The molecule has 1 unspecified atom stereocenters. The van der Waals surface area contributed by atoms with Crippen molar-refractivity contribution >= 4 is 0 Å². The van der Waals surface area contributed by atoms with E-state index in [0.717, 1.165) is 11.8 Å². The number of hydrogen-bond donors (Lipinski definition) is 0. The summed E-state index contributed by atoms with van der Waals surface area (Å²) in [4.78, 5) is 0. The van der Waals surface area contributed by atoms with Crippen LogP contribution in [-0.2, 0) is 0 Å². The molecule has 0 saturated carbocycles. The van der Waals surface area contributed by atoms with Gasteiger partial charge in [0.1, 0.15) is 0 Å². The first-order chi connectivity index (χ1) is 5.20. The van der Waals surface area contributed by atoms with Gasteiger partial charge in [0.15, 0.2) is 0 Å². The summed E-state index contributed by atoms with van der Waals surface area (Å²) in [6.07, 6.45) is 6.29. The largest absolute Gasteiger partial charge is 0.125 e.